The van der Waals surface area contributed by atoms with Gasteiger partial charge in [-0.1, -0.05) is 42.5 Å². The molecule has 0 aromatic heterocycles. The highest BCUT2D eigenvalue weighted by atomic mass is 16.5. The van der Waals surface area contributed by atoms with Crippen molar-refractivity contribution in [3.63, 3.8) is 0 Å². The van der Waals surface area contributed by atoms with Crippen LogP contribution in [0.3, 0.4) is 0 Å². The summed E-state index contributed by atoms with van der Waals surface area (Å²) < 4.78 is 5.23. The summed E-state index contributed by atoms with van der Waals surface area (Å²) in [6, 6.07) is 17.7. The van der Waals surface area contributed by atoms with E-state index in [-0.39, 0.29) is 11.8 Å². The highest BCUT2D eigenvalue weighted by Crippen LogP contribution is 2.47. The summed E-state index contributed by atoms with van der Waals surface area (Å²) in [7, 11) is 1.64. The number of hydrogen-bond acceptors (Lipinski definition) is 3. The molecule has 0 spiro atoms. The van der Waals surface area contributed by atoms with E-state index >= 15 is 0 Å². The standard InChI is InChI=1S/C23H28N2O3/c1-3-25(17-19-8-5-4-6-9-19)22(27)23(13-14-23)21(26)24-15-12-18-10-7-11-20(16-18)28-2/h4-11,16H,3,12-15,17H2,1-2H3,(H,24,26). The van der Waals surface area contributed by atoms with Gasteiger partial charge in [0.1, 0.15) is 11.2 Å². The molecular weight excluding hydrogens is 352 g/mol. The van der Waals surface area contributed by atoms with Gasteiger partial charge in [0.25, 0.3) is 0 Å². The molecule has 0 bridgehead atoms. The molecule has 1 saturated carbocycles. The van der Waals surface area contributed by atoms with Gasteiger partial charge in [-0.2, -0.15) is 0 Å². The predicted molar refractivity (Wildman–Crippen MR) is 109 cm³/mol. The molecule has 3 rings (SSSR count). The Morgan fingerprint density at radius 2 is 1.79 bits per heavy atom. The molecular formula is C23H28N2O3. The van der Waals surface area contributed by atoms with Gasteiger partial charge in [0, 0.05) is 19.6 Å². The van der Waals surface area contributed by atoms with Crippen LogP contribution in [0.4, 0.5) is 0 Å². The summed E-state index contributed by atoms with van der Waals surface area (Å²) in [5.41, 5.74) is 1.29. The summed E-state index contributed by atoms with van der Waals surface area (Å²) in [6.07, 6.45) is 1.96. The van der Waals surface area contributed by atoms with Crippen molar-refractivity contribution < 1.29 is 14.3 Å². The van der Waals surface area contributed by atoms with Crippen LogP contribution in [0.1, 0.15) is 30.9 Å². The second kappa shape index (κ2) is 8.91. The lowest BCUT2D eigenvalue weighted by atomic mass is 10.0. The van der Waals surface area contributed by atoms with Crippen LogP contribution in [0.5, 0.6) is 5.75 Å². The minimum absolute atomic E-state index is 0.0577. The number of amides is 2. The molecule has 2 amide bonds. The Kier molecular flexibility index (Phi) is 6.34. The molecule has 28 heavy (non-hydrogen) atoms. The Morgan fingerprint density at radius 3 is 2.43 bits per heavy atom. The zero-order chi connectivity index (χ0) is 20.0. The van der Waals surface area contributed by atoms with E-state index in [9.17, 15) is 9.59 Å². The van der Waals surface area contributed by atoms with E-state index < -0.39 is 5.41 Å². The van der Waals surface area contributed by atoms with Crippen LogP contribution in [0.2, 0.25) is 0 Å². The summed E-state index contributed by atoms with van der Waals surface area (Å²) >= 11 is 0. The van der Waals surface area contributed by atoms with Crippen molar-refractivity contribution >= 4 is 11.8 Å². The number of carbonyl (C=O) groups excluding carboxylic acids is 2. The summed E-state index contributed by atoms with van der Waals surface area (Å²) in [5.74, 6) is 0.599. The van der Waals surface area contributed by atoms with Crippen molar-refractivity contribution in [2.75, 3.05) is 20.2 Å². The van der Waals surface area contributed by atoms with Crippen LogP contribution in [-0.4, -0.2) is 36.9 Å². The third-order valence-electron chi connectivity index (χ3n) is 5.31. The molecule has 1 N–H and O–H groups in total. The zero-order valence-electron chi connectivity index (χ0n) is 16.6. The van der Waals surface area contributed by atoms with E-state index in [4.69, 9.17) is 4.74 Å². The highest BCUT2D eigenvalue weighted by molar-refractivity contribution is 6.07. The number of methoxy groups -OCH3 is 1. The summed E-state index contributed by atoms with van der Waals surface area (Å²) in [6.45, 7) is 3.59. The Bertz CT molecular complexity index is 816. The molecule has 1 aliphatic carbocycles. The molecule has 0 aliphatic heterocycles. The smallest absolute Gasteiger partial charge is 0.238 e. The Labute approximate surface area is 166 Å². The van der Waals surface area contributed by atoms with Gasteiger partial charge in [-0.3, -0.25) is 9.59 Å². The Morgan fingerprint density at radius 1 is 1.07 bits per heavy atom. The monoisotopic (exact) mass is 380 g/mol. The van der Waals surface area contributed by atoms with E-state index in [1.54, 1.807) is 12.0 Å². The fraction of sp³-hybridized carbons (Fsp3) is 0.391. The fourth-order valence-corrected chi connectivity index (χ4v) is 3.41. The lowest BCUT2D eigenvalue weighted by molar-refractivity contribution is -0.144. The molecule has 0 heterocycles. The van der Waals surface area contributed by atoms with Crippen LogP contribution in [0.15, 0.2) is 54.6 Å². The van der Waals surface area contributed by atoms with Gasteiger partial charge in [0.2, 0.25) is 11.8 Å². The fourth-order valence-electron chi connectivity index (χ4n) is 3.41. The molecule has 1 fully saturated rings. The average molecular weight is 380 g/mol. The molecule has 148 valence electrons. The maximum absolute atomic E-state index is 13.1. The second-order valence-corrected chi connectivity index (χ2v) is 7.24. The van der Waals surface area contributed by atoms with E-state index in [0.29, 0.717) is 38.9 Å². The van der Waals surface area contributed by atoms with Crippen molar-refractivity contribution in [2.45, 2.75) is 32.7 Å². The molecule has 0 atom stereocenters. The highest BCUT2D eigenvalue weighted by Gasteiger charge is 2.57. The largest absolute Gasteiger partial charge is 0.497 e. The molecule has 0 unspecified atom stereocenters. The summed E-state index contributed by atoms with van der Waals surface area (Å²) in [5, 5.41) is 2.97. The maximum Gasteiger partial charge on any atom is 0.238 e. The molecule has 2 aromatic rings. The minimum atomic E-state index is -0.876. The van der Waals surface area contributed by atoms with Gasteiger partial charge in [0.15, 0.2) is 0 Å². The zero-order valence-corrected chi connectivity index (χ0v) is 16.6. The van der Waals surface area contributed by atoms with Crippen molar-refractivity contribution in [2.24, 2.45) is 5.41 Å². The van der Waals surface area contributed by atoms with Crippen molar-refractivity contribution in [3.05, 3.63) is 65.7 Å². The van der Waals surface area contributed by atoms with Gasteiger partial charge in [-0.15, -0.1) is 0 Å². The number of nitrogens with zero attached hydrogens (tertiary/aromatic N) is 1. The van der Waals surface area contributed by atoms with Crippen molar-refractivity contribution in [1.29, 1.82) is 0 Å². The van der Waals surface area contributed by atoms with E-state index in [1.807, 2.05) is 61.5 Å². The molecule has 0 radical (unpaired) electrons. The molecule has 1 aliphatic rings. The number of ether oxygens (including phenoxy) is 1. The third-order valence-corrected chi connectivity index (χ3v) is 5.31. The van der Waals surface area contributed by atoms with Gasteiger partial charge < -0.3 is 15.0 Å². The van der Waals surface area contributed by atoms with Gasteiger partial charge >= 0.3 is 0 Å². The molecule has 2 aromatic carbocycles. The molecule has 5 heteroatoms. The van der Waals surface area contributed by atoms with Gasteiger partial charge in [-0.05, 0) is 49.4 Å². The van der Waals surface area contributed by atoms with E-state index in [1.165, 1.54) is 0 Å². The topological polar surface area (TPSA) is 58.6 Å². The number of nitrogens with one attached hydrogen (secondary N) is 1. The van der Waals surface area contributed by atoms with Crippen LogP contribution >= 0.6 is 0 Å². The summed E-state index contributed by atoms with van der Waals surface area (Å²) in [4.78, 5) is 27.6. The normalized spacial score (nSPS) is 14.2. The predicted octanol–water partition coefficient (Wildman–Crippen LogP) is 3.18. The number of hydrogen-bond donors (Lipinski definition) is 1. The first-order valence-electron chi connectivity index (χ1n) is 9.83. The van der Waals surface area contributed by atoms with Crippen LogP contribution in [-0.2, 0) is 22.6 Å². The first-order chi connectivity index (χ1) is 13.6. The van der Waals surface area contributed by atoms with Gasteiger partial charge in [-0.25, -0.2) is 0 Å². The second-order valence-electron chi connectivity index (χ2n) is 7.24. The first kappa shape index (κ1) is 19.9. The first-order valence-corrected chi connectivity index (χ1v) is 9.83. The van der Waals surface area contributed by atoms with Crippen molar-refractivity contribution in [3.8, 4) is 5.75 Å². The van der Waals surface area contributed by atoms with E-state index in [2.05, 4.69) is 5.32 Å². The number of benzene rings is 2. The van der Waals surface area contributed by atoms with Gasteiger partial charge in [0.05, 0.1) is 7.11 Å². The molecule has 0 saturated heterocycles. The lowest BCUT2D eigenvalue weighted by Gasteiger charge is -2.26. The number of carbonyl (C=O) groups is 2. The molecule has 5 nitrogen and oxygen atoms in total. The van der Waals surface area contributed by atoms with Crippen molar-refractivity contribution in [1.82, 2.24) is 10.2 Å². The van der Waals surface area contributed by atoms with E-state index in [0.717, 1.165) is 16.9 Å². The quantitative estimate of drug-likeness (QED) is 0.680. The SMILES string of the molecule is CCN(Cc1ccccc1)C(=O)C1(C(=O)NCCc2cccc(OC)c2)CC1. The van der Waals surface area contributed by atoms with Crippen LogP contribution in [0, 0.1) is 5.41 Å². The Balaban J connectivity index is 1.56. The lowest BCUT2D eigenvalue weighted by Crippen LogP contribution is -2.45. The maximum atomic E-state index is 13.1. The minimum Gasteiger partial charge on any atom is -0.497 e. The van der Waals surface area contributed by atoms with Crippen LogP contribution < -0.4 is 10.1 Å². The van der Waals surface area contributed by atoms with Crippen LogP contribution in [0.25, 0.3) is 0 Å². The average Bonchev–Trinajstić information content (AvgIpc) is 3.54. The third kappa shape index (κ3) is 4.53. The number of rotatable bonds is 9. The Hall–Kier alpha value is -2.82.